The lowest BCUT2D eigenvalue weighted by molar-refractivity contribution is -0.121. The van der Waals surface area contributed by atoms with Gasteiger partial charge in [0.15, 0.2) is 0 Å². The lowest BCUT2D eigenvalue weighted by Crippen LogP contribution is -2.31. The highest BCUT2D eigenvalue weighted by atomic mass is 32.1. The van der Waals surface area contributed by atoms with Crippen molar-refractivity contribution in [2.24, 2.45) is 0 Å². The first kappa shape index (κ1) is 14.7. The molecular formula is C12H19N3O2S. The Balaban J connectivity index is 2.04. The van der Waals surface area contributed by atoms with Crippen molar-refractivity contribution >= 4 is 23.2 Å². The Bertz CT molecular complexity index is 365. The van der Waals surface area contributed by atoms with E-state index in [9.17, 15) is 9.59 Å². The molecule has 3 N–H and O–H groups in total. The number of rotatable bonds is 8. The standard InChI is InChI=1S/C12H19N3O2S/c1-13-6-7-14-11(16)3-2-5-15-12(17)10-4-8-18-9-10/h4,8-9,13H,2-3,5-7H2,1H3,(H,14,16)(H,15,17). The van der Waals surface area contributed by atoms with E-state index in [4.69, 9.17) is 0 Å². The Kier molecular flexibility index (Phi) is 7.05. The van der Waals surface area contributed by atoms with Crippen molar-refractivity contribution in [3.8, 4) is 0 Å². The third-order valence-corrected chi connectivity index (χ3v) is 3.03. The molecule has 0 saturated heterocycles. The van der Waals surface area contributed by atoms with Crippen LogP contribution in [0.1, 0.15) is 23.2 Å². The second-order valence-corrected chi connectivity index (χ2v) is 4.61. The van der Waals surface area contributed by atoms with E-state index in [1.807, 2.05) is 12.4 Å². The molecule has 1 aromatic rings. The molecular weight excluding hydrogens is 250 g/mol. The highest BCUT2D eigenvalue weighted by molar-refractivity contribution is 7.08. The average molecular weight is 269 g/mol. The molecule has 1 heterocycles. The number of hydrogen-bond donors (Lipinski definition) is 3. The molecule has 18 heavy (non-hydrogen) atoms. The highest BCUT2D eigenvalue weighted by Crippen LogP contribution is 2.05. The van der Waals surface area contributed by atoms with Crippen LogP contribution in [0, 0.1) is 0 Å². The van der Waals surface area contributed by atoms with Crippen molar-refractivity contribution in [2.75, 3.05) is 26.7 Å². The fraction of sp³-hybridized carbons (Fsp3) is 0.500. The normalized spacial score (nSPS) is 10.1. The quantitative estimate of drug-likeness (QED) is 0.605. The smallest absolute Gasteiger partial charge is 0.252 e. The van der Waals surface area contributed by atoms with Gasteiger partial charge >= 0.3 is 0 Å². The van der Waals surface area contributed by atoms with Crippen LogP contribution in [-0.4, -0.2) is 38.5 Å². The molecule has 100 valence electrons. The van der Waals surface area contributed by atoms with Crippen molar-refractivity contribution in [1.82, 2.24) is 16.0 Å². The third-order valence-electron chi connectivity index (χ3n) is 2.35. The summed E-state index contributed by atoms with van der Waals surface area (Å²) in [7, 11) is 1.84. The zero-order chi connectivity index (χ0) is 13.2. The molecule has 2 amide bonds. The van der Waals surface area contributed by atoms with Crippen LogP contribution < -0.4 is 16.0 Å². The van der Waals surface area contributed by atoms with Gasteiger partial charge in [-0.15, -0.1) is 0 Å². The molecule has 0 aliphatic heterocycles. The fourth-order valence-corrected chi connectivity index (χ4v) is 2.00. The molecule has 0 bridgehead atoms. The van der Waals surface area contributed by atoms with E-state index in [2.05, 4.69) is 16.0 Å². The van der Waals surface area contributed by atoms with Gasteiger partial charge in [-0.25, -0.2) is 0 Å². The summed E-state index contributed by atoms with van der Waals surface area (Å²) < 4.78 is 0. The van der Waals surface area contributed by atoms with Crippen LogP contribution in [0.2, 0.25) is 0 Å². The van der Waals surface area contributed by atoms with Crippen molar-refractivity contribution in [3.63, 3.8) is 0 Å². The summed E-state index contributed by atoms with van der Waals surface area (Å²) in [6, 6.07) is 1.78. The predicted octanol–water partition coefficient (Wildman–Crippen LogP) is 0.594. The number of amides is 2. The maximum absolute atomic E-state index is 11.5. The van der Waals surface area contributed by atoms with Crippen LogP contribution in [-0.2, 0) is 4.79 Å². The fourth-order valence-electron chi connectivity index (χ4n) is 1.36. The summed E-state index contributed by atoms with van der Waals surface area (Å²) in [5.41, 5.74) is 0.679. The summed E-state index contributed by atoms with van der Waals surface area (Å²) in [6.45, 7) is 1.92. The molecule has 1 aromatic heterocycles. The molecule has 5 nitrogen and oxygen atoms in total. The molecule has 0 saturated carbocycles. The lowest BCUT2D eigenvalue weighted by atomic mass is 10.2. The van der Waals surface area contributed by atoms with Gasteiger partial charge in [0.1, 0.15) is 0 Å². The van der Waals surface area contributed by atoms with Crippen molar-refractivity contribution in [3.05, 3.63) is 22.4 Å². The Morgan fingerprint density at radius 1 is 1.22 bits per heavy atom. The number of likely N-dealkylation sites (N-methyl/N-ethyl adjacent to an activating group) is 1. The molecule has 0 aromatic carbocycles. The van der Waals surface area contributed by atoms with Crippen molar-refractivity contribution in [1.29, 1.82) is 0 Å². The molecule has 1 rings (SSSR count). The molecule has 0 radical (unpaired) electrons. The predicted molar refractivity (Wildman–Crippen MR) is 72.8 cm³/mol. The minimum atomic E-state index is -0.0770. The molecule has 0 unspecified atom stereocenters. The summed E-state index contributed by atoms with van der Waals surface area (Å²) in [5.74, 6) is -0.0538. The Morgan fingerprint density at radius 2 is 2.06 bits per heavy atom. The summed E-state index contributed by atoms with van der Waals surface area (Å²) in [5, 5.41) is 12.2. The summed E-state index contributed by atoms with van der Waals surface area (Å²) in [6.07, 6.45) is 1.09. The molecule has 0 atom stereocenters. The first-order valence-electron chi connectivity index (χ1n) is 5.95. The van der Waals surface area contributed by atoms with Gasteiger partial charge < -0.3 is 16.0 Å². The van der Waals surface area contributed by atoms with E-state index in [0.29, 0.717) is 31.5 Å². The zero-order valence-electron chi connectivity index (χ0n) is 10.5. The van der Waals surface area contributed by atoms with Gasteiger partial charge in [-0.2, -0.15) is 11.3 Å². The number of thiophene rings is 1. The topological polar surface area (TPSA) is 70.2 Å². The van der Waals surface area contributed by atoms with Crippen molar-refractivity contribution < 1.29 is 9.59 Å². The van der Waals surface area contributed by atoms with Gasteiger partial charge in [0.05, 0.1) is 0 Å². The highest BCUT2D eigenvalue weighted by Gasteiger charge is 2.05. The SMILES string of the molecule is CNCCNC(=O)CCCNC(=O)c1ccsc1. The second kappa shape index (κ2) is 8.66. The van der Waals surface area contributed by atoms with Gasteiger partial charge in [-0.05, 0) is 24.9 Å². The van der Waals surface area contributed by atoms with Gasteiger partial charge in [0.25, 0.3) is 5.91 Å². The molecule has 0 fully saturated rings. The minimum absolute atomic E-state index is 0.0232. The van der Waals surface area contributed by atoms with E-state index in [1.54, 1.807) is 11.4 Å². The first-order chi connectivity index (χ1) is 8.74. The Morgan fingerprint density at radius 3 is 2.72 bits per heavy atom. The van der Waals surface area contributed by atoms with Gasteiger partial charge in [0, 0.05) is 37.0 Å². The van der Waals surface area contributed by atoms with Crippen LogP contribution in [0.4, 0.5) is 0 Å². The third kappa shape index (κ3) is 5.79. The van der Waals surface area contributed by atoms with Crippen molar-refractivity contribution in [2.45, 2.75) is 12.8 Å². The van der Waals surface area contributed by atoms with Crippen LogP contribution >= 0.6 is 11.3 Å². The molecule has 0 spiro atoms. The van der Waals surface area contributed by atoms with Crippen LogP contribution in [0.5, 0.6) is 0 Å². The maximum atomic E-state index is 11.5. The van der Waals surface area contributed by atoms with Gasteiger partial charge in [-0.3, -0.25) is 9.59 Å². The van der Waals surface area contributed by atoms with E-state index >= 15 is 0 Å². The first-order valence-corrected chi connectivity index (χ1v) is 6.90. The zero-order valence-corrected chi connectivity index (χ0v) is 11.3. The van der Waals surface area contributed by atoms with Crippen LogP contribution in [0.15, 0.2) is 16.8 Å². The van der Waals surface area contributed by atoms with E-state index < -0.39 is 0 Å². The lowest BCUT2D eigenvalue weighted by Gasteiger charge is -2.05. The Labute approximate surface area is 111 Å². The molecule has 6 heteroatoms. The Hall–Kier alpha value is -1.40. The van der Waals surface area contributed by atoms with Gasteiger partial charge in [0.2, 0.25) is 5.91 Å². The van der Waals surface area contributed by atoms with E-state index in [-0.39, 0.29) is 11.8 Å². The van der Waals surface area contributed by atoms with E-state index in [1.165, 1.54) is 11.3 Å². The maximum Gasteiger partial charge on any atom is 0.252 e. The number of carbonyl (C=O) groups is 2. The molecule has 0 aliphatic rings. The second-order valence-electron chi connectivity index (χ2n) is 3.82. The summed E-state index contributed by atoms with van der Waals surface area (Å²) >= 11 is 1.49. The minimum Gasteiger partial charge on any atom is -0.355 e. The monoisotopic (exact) mass is 269 g/mol. The number of nitrogens with one attached hydrogen (secondary N) is 3. The van der Waals surface area contributed by atoms with Crippen LogP contribution in [0.3, 0.4) is 0 Å². The molecule has 0 aliphatic carbocycles. The largest absolute Gasteiger partial charge is 0.355 e. The van der Waals surface area contributed by atoms with E-state index in [0.717, 1.165) is 6.54 Å². The van der Waals surface area contributed by atoms with Crippen LogP contribution in [0.25, 0.3) is 0 Å². The number of carbonyl (C=O) groups excluding carboxylic acids is 2. The summed E-state index contributed by atoms with van der Waals surface area (Å²) in [4.78, 5) is 22.9. The average Bonchev–Trinajstić information content (AvgIpc) is 2.88. The number of hydrogen-bond acceptors (Lipinski definition) is 4. The van der Waals surface area contributed by atoms with Gasteiger partial charge in [-0.1, -0.05) is 0 Å².